The number of imidazole rings is 1. The summed E-state index contributed by atoms with van der Waals surface area (Å²) in [6.07, 6.45) is 1.71. The predicted molar refractivity (Wildman–Crippen MR) is 124 cm³/mol. The third-order valence-corrected chi connectivity index (χ3v) is 7.08. The van der Waals surface area contributed by atoms with E-state index in [2.05, 4.69) is 14.7 Å². The Morgan fingerprint density at radius 3 is 2.38 bits per heavy atom. The molecule has 0 aliphatic heterocycles. The molecule has 4 rings (SSSR count). The van der Waals surface area contributed by atoms with E-state index < -0.39 is 10.0 Å². The average Bonchev–Trinajstić information content (AvgIpc) is 3.09. The highest BCUT2D eigenvalue weighted by molar-refractivity contribution is 7.89. The highest BCUT2D eigenvalue weighted by atomic mass is 32.2. The first-order valence-electron chi connectivity index (χ1n) is 10.3. The van der Waals surface area contributed by atoms with Crippen LogP contribution in [0.25, 0.3) is 11.2 Å². The number of methoxy groups -OCH3 is 1. The van der Waals surface area contributed by atoms with Crippen molar-refractivity contribution in [2.24, 2.45) is 0 Å². The van der Waals surface area contributed by atoms with Gasteiger partial charge in [0.2, 0.25) is 10.0 Å². The second-order valence-corrected chi connectivity index (χ2v) is 9.56. The number of fused-ring (bicyclic) bond motifs is 1. The number of hydrogen-bond acceptors (Lipinski definition) is 5. The summed E-state index contributed by atoms with van der Waals surface area (Å²) in [7, 11) is -2.08. The number of nitrogens with zero attached hydrogens (tertiary/aromatic N) is 3. The molecule has 32 heavy (non-hydrogen) atoms. The average molecular weight is 451 g/mol. The zero-order valence-electron chi connectivity index (χ0n) is 18.6. The third kappa shape index (κ3) is 4.37. The van der Waals surface area contributed by atoms with Gasteiger partial charge < -0.3 is 9.30 Å². The summed E-state index contributed by atoms with van der Waals surface area (Å²) in [5, 5.41) is 0. The molecular weight excluding hydrogens is 424 g/mol. The van der Waals surface area contributed by atoms with Crippen LogP contribution in [0, 0.1) is 20.8 Å². The predicted octanol–water partition coefficient (Wildman–Crippen LogP) is 3.89. The second kappa shape index (κ2) is 8.72. The van der Waals surface area contributed by atoms with Crippen LogP contribution in [0.3, 0.4) is 0 Å². The fourth-order valence-corrected chi connectivity index (χ4v) is 5.47. The van der Waals surface area contributed by atoms with Gasteiger partial charge >= 0.3 is 0 Å². The number of hydrogen-bond donors (Lipinski definition) is 1. The molecule has 0 atom stereocenters. The number of aromatic nitrogens is 3. The van der Waals surface area contributed by atoms with E-state index >= 15 is 0 Å². The Hall–Kier alpha value is -3.23. The van der Waals surface area contributed by atoms with E-state index in [0.29, 0.717) is 22.9 Å². The van der Waals surface area contributed by atoms with Crippen LogP contribution in [-0.2, 0) is 23.1 Å². The van der Waals surface area contributed by atoms with Crippen LogP contribution in [0.1, 0.15) is 28.1 Å². The Morgan fingerprint density at radius 2 is 1.72 bits per heavy atom. The molecule has 0 spiro atoms. The smallest absolute Gasteiger partial charge is 0.241 e. The van der Waals surface area contributed by atoms with Crippen molar-refractivity contribution >= 4 is 21.2 Å². The number of nitrogens with one attached hydrogen (secondary N) is 1. The van der Waals surface area contributed by atoms with Crippen LogP contribution in [0.4, 0.5) is 0 Å². The van der Waals surface area contributed by atoms with E-state index in [0.717, 1.165) is 33.5 Å². The van der Waals surface area contributed by atoms with E-state index in [4.69, 9.17) is 4.74 Å². The van der Waals surface area contributed by atoms with Gasteiger partial charge in [0, 0.05) is 6.20 Å². The largest absolute Gasteiger partial charge is 0.497 e. The van der Waals surface area contributed by atoms with Crippen LogP contribution in [-0.4, -0.2) is 30.1 Å². The molecule has 0 aliphatic carbocycles. The summed E-state index contributed by atoms with van der Waals surface area (Å²) in [5.41, 5.74) is 4.95. The van der Waals surface area contributed by atoms with Crippen molar-refractivity contribution < 1.29 is 13.2 Å². The highest BCUT2D eigenvalue weighted by Gasteiger charge is 2.21. The molecule has 0 bridgehead atoms. The molecule has 0 fully saturated rings. The molecule has 166 valence electrons. The van der Waals surface area contributed by atoms with Gasteiger partial charge in [0.1, 0.15) is 17.1 Å². The van der Waals surface area contributed by atoms with Crippen LogP contribution in [0.15, 0.2) is 59.6 Å². The first-order valence-corrected chi connectivity index (χ1v) is 11.8. The number of aryl methyl sites for hydroxylation is 3. The normalized spacial score (nSPS) is 11.8. The quantitative estimate of drug-likeness (QED) is 0.462. The molecule has 0 saturated carbocycles. The lowest BCUT2D eigenvalue weighted by molar-refractivity contribution is 0.414. The summed E-state index contributed by atoms with van der Waals surface area (Å²) in [4.78, 5) is 9.44. The van der Waals surface area contributed by atoms with Gasteiger partial charge in [-0.05, 0) is 61.7 Å². The van der Waals surface area contributed by atoms with Crippen molar-refractivity contribution in [2.75, 3.05) is 7.11 Å². The molecule has 8 heteroatoms. The Kier molecular flexibility index (Phi) is 5.99. The first-order chi connectivity index (χ1) is 15.3. The molecule has 0 radical (unpaired) electrons. The summed E-state index contributed by atoms with van der Waals surface area (Å²) >= 11 is 0. The van der Waals surface area contributed by atoms with E-state index in [-0.39, 0.29) is 6.54 Å². The maximum atomic E-state index is 13.1. The number of sulfonamides is 1. The zero-order valence-corrected chi connectivity index (χ0v) is 19.4. The zero-order chi connectivity index (χ0) is 22.9. The topological polar surface area (TPSA) is 86.1 Å². The Labute approximate surface area is 188 Å². The maximum Gasteiger partial charge on any atom is 0.241 e. The lowest BCUT2D eigenvalue weighted by atomic mass is 10.1. The van der Waals surface area contributed by atoms with Gasteiger partial charge in [0.25, 0.3) is 0 Å². The van der Waals surface area contributed by atoms with Crippen LogP contribution in [0.2, 0.25) is 0 Å². The monoisotopic (exact) mass is 450 g/mol. The lowest BCUT2D eigenvalue weighted by Crippen LogP contribution is -2.26. The van der Waals surface area contributed by atoms with Gasteiger partial charge in [0.15, 0.2) is 5.65 Å². The van der Waals surface area contributed by atoms with Crippen LogP contribution >= 0.6 is 0 Å². The Bertz CT molecular complexity index is 1350. The van der Waals surface area contributed by atoms with Gasteiger partial charge in [0.05, 0.1) is 25.1 Å². The van der Waals surface area contributed by atoms with Gasteiger partial charge in [-0.2, -0.15) is 0 Å². The fraction of sp³-hybridized carbons (Fsp3) is 0.250. The van der Waals surface area contributed by atoms with Crippen molar-refractivity contribution in [3.8, 4) is 5.75 Å². The molecule has 0 unspecified atom stereocenters. The minimum absolute atomic E-state index is 0.0571. The molecule has 0 amide bonds. The molecule has 0 saturated heterocycles. The number of pyridine rings is 1. The van der Waals surface area contributed by atoms with Crippen molar-refractivity contribution in [3.05, 3.63) is 82.8 Å². The molecule has 2 aromatic carbocycles. The van der Waals surface area contributed by atoms with Gasteiger partial charge in [-0.3, -0.25) is 0 Å². The molecule has 2 aromatic heterocycles. The number of benzene rings is 2. The molecule has 7 nitrogen and oxygen atoms in total. The Balaban J connectivity index is 1.66. The minimum atomic E-state index is -3.71. The summed E-state index contributed by atoms with van der Waals surface area (Å²) in [6, 6.07) is 15.2. The van der Waals surface area contributed by atoms with E-state index in [1.165, 1.54) is 0 Å². The van der Waals surface area contributed by atoms with Crippen molar-refractivity contribution in [1.82, 2.24) is 19.3 Å². The van der Waals surface area contributed by atoms with Crippen LogP contribution in [0.5, 0.6) is 5.75 Å². The summed E-state index contributed by atoms with van der Waals surface area (Å²) < 4.78 is 36.2. The molecule has 4 aromatic rings. The maximum absolute atomic E-state index is 13.1. The van der Waals surface area contributed by atoms with E-state index in [1.807, 2.05) is 73.9 Å². The molecular formula is C24H26N4O3S. The van der Waals surface area contributed by atoms with Gasteiger partial charge in [-0.15, -0.1) is 0 Å². The molecule has 1 N–H and O–H groups in total. The van der Waals surface area contributed by atoms with Gasteiger partial charge in [-0.25, -0.2) is 23.1 Å². The minimum Gasteiger partial charge on any atom is -0.497 e. The number of rotatable bonds is 7. The standard InChI is InChI=1S/C24H26N4O3S/c1-16-12-17(2)23(18(3)13-16)32(29,30)26-14-22-27-21-6-5-11-25-24(21)28(22)15-19-7-9-20(31-4)10-8-19/h5-13,26H,14-15H2,1-4H3. The van der Waals surface area contributed by atoms with Gasteiger partial charge in [-0.1, -0.05) is 29.8 Å². The number of ether oxygens (including phenoxy) is 1. The van der Waals surface area contributed by atoms with E-state index in [1.54, 1.807) is 13.3 Å². The Morgan fingerprint density at radius 1 is 1.03 bits per heavy atom. The third-order valence-electron chi connectivity index (χ3n) is 5.38. The molecule has 2 heterocycles. The fourth-order valence-electron chi connectivity index (χ4n) is 4.04. The van der Waals surface area contributed by atoms with Crippen molar-refractivity contribution in [1.29, 1.82) is 0 Å². The molecule has 0 aliphatic rings. The van der Waals surface area contributed by atoms with Crippen molar-refractivity contribution in [2.45, 2.75) is 38.8 Å². The van der Waals surface area contributed by atoms with E-state index in [9.17, 15) is 8.42 Å². The lowest BCUT2D eigenvalue weighted by Gasteiger charge is -2.14. The highest BCUT2D eigenvalue weighted by Crippen LogP contribution is 2.23. The second-order valence-electron chi connectivity index (χ2n) is 7.86. The van der Waals surface area contributed by atoms with Crippen molar-refractivity contribution in [3.63, 3.8) is 0 Å². The summed E-state index contributed by atoms with van der Waals surface area (Å²) in [5.74, 6) is 1.37. The SMILES string of the molecule is COc1ccc(Cn2c(CNS(=O)(=O)c3c(C)cc(C)cc3C)nc3cccnc32)cc1. The first kappa shape index (κ1) is 22.0. The summed E-state index contributed by atoms with van der Waals surface area (Å²) in [6.45, 7) is 6.16. The van der Waals surface area contributed by atoms with Crippen LogP contribution < -0.4 is 9.46 Å².